The number of rotatable bonds is 2. The Morgan fingerprint density at radius 2 is 2.15 bits per heavy atom. The number of carbonyl (C=O) groups excluding carboxylic acids is 1. The monoisotopic (exact) mass is 285 g/mol. The zero-order valence-electron chi connectivity index (χ0n) is 11.0. The van der Waals surface area contributed by atoms with E-state index in [1.165, 1.54) is 0 Å². The Kier molecular flexibility index (Phi) is 3.36. The van der Waals surface area contributed by atoms with Crippen molar-refractivity contribution in [3.63, 3.8) is 0 Å². The molecule has 1 aliphatic heterocycles. The van der Waals surface area contributed by atoms with Gasteiger partial charge in [-0.25, -0.2) is 0 Å². The maximum absolute atomic E-state index is 12.7. The molecule has 1 aliphatic rings. The zero-order chi connectivity index (χ0) is 14.1. The standard InChI is InChI=1S/C15H15N3OS/c16-14(20)12-7-3-9-18(12)15(19)11-6-1-4-10-5-2-8-17-13(10)11/h1-2,4-6,8,12H,3,7,9H2,(H2,16,20). The van der Waals surface area contributed by atoms with Crippen LogP contribution in [-0.2, 0) is 0 Å². The number of pyridine rings is 1. The molecule has 3 rings (SSSR count). The fraction of sp³-hybridized carbons (Fsp3) is 0.267. The Hall–Kier alpha value is -2.01. The minimum Gasteiger partial charge on any atom is -0.392 e. The molecule has 1 saturated heterocycles. The first kappa shape index (κ1) is 13.0. The molecule has 1 aromatic carbocycles. The Bertz CT molecular complexity index is 680. The molecule has 1 atom stereocenters. The summed E-state index contributed by atoms with van der Waals surface area (Å²) in [4.78, 5) is 19.2. The van der Waals surface area contributed by atoms with Crippen molar-refractivity contribution in [2.24, 2.45) is 5.73 Å². The second-order valence-electron chi connectivity index (χ2n) is 4.94. The third-order valence-corrected chi connectivity index (χ3v) is 3.98. The first-order valence-electron chi connectivity index (χ1n) is 6.62. The number of amides is 1. The van der Waals surface area contributed by atoms with Gasteiger partial charge in [0.25, 0.3) is 5.91 Å². The molecule has 0 saturated carbocycles. The molecule has 2 N–H and O–H groups in total. The maximum Gasteiger partial charge on any atom is 0.256 e. The van der Waals surface area contributed by atoms with E-state index in [1.807, 2.05) is 30.3 Å². The van der Waals surface area contributed by atoms with Gasteiger partial charge in [-0.2, -0.15) is 0 Å². The number of thiocarbonyl (C=S) groups is 1. The summed E-state index contributed by atoms with van der Waals surface area (Å²) in [5.74, 6) is -0.0374. The van der Waals surface area contributed by atoms with Crippen molar-refractivity contribution < 1.29 is 4.79 Å². The lowest BCUT2D eigenvalue weighted by atomic mass is 10.1. The highest BCUT2D eigenvalue weighted by Crippen LogP contribution is 2.23. The Balaban J connectivity index is 2.03. The fourth-order valence-corrected chi connectivity index (χ4v) is 2.98. The van der Waals surface area contributed by atoms with E-state index in [4.69, 9.17) is 18.0 Å². The molecule has 2 heterocycles. The molecule has 2 aromatic rings. The zero-order valence-corrected chi connectivity index (χ0v) is 11.8. The van der Waals surface area contributed by atoms with Gasteiger partial charge >= 0.3 is 0 Å². The van der Waals surface area contributed by atoms with Crippen LogP contribution in [0.4, 0.5) is 0 Å². The van der Waals surface area contributed by atoms with Crippen LogP contribution in [0.3, 0.4) is 0 Å². The van der Waals surface area contributed by atoms with Gasteiger partial charge in [-0.15, -0.1) is 0 Å². The summed E-state index contributed by atoms with van der Waals surface area (Å²) in [6.45, 7) is 0.698. The lowest BCUT2D eigenvalue weighted by Crippen LogP contribution is -2.42. The normalized spacial score (nSPS) is 18.4. The van der Waals surface area contributed by atoms with E-state index in [-0.39, 0.29) is 11.9 Å². The molecule has 20 heavy (non-hydrogen) atoms. The molecule has 1 unspecified atom stereocenters. The first-order valence-corrected chi connectivity index (χ1v) is 7.03. The molecule has 0 radical (unpaired) electrons. The van der Waals surface area contributed by atoms with Gasteiger partial charge < -0.3 is 10.6 Å². The van der Waals surface area contributed by atoms with Crippen molar-refractivity contribution in [3.05, 3.63) is 42.1 Å². The molecular weight excluding hydrogens is 270 g/mol. The second-order valence-corrected chi connectivity index (χ2v) is 5.41. The van der Waals surface area contributed by atoms with Crippen molar-refractivity contribution in [1.29, 1.82) is 0 Å². The van der Waals surface area contributed by atoms with E-state index in [2.05, 4.69) is 4.98 Å². The highest BCUT2D eigenvalue weighted by molar-refractivity contribution is 7.80. The minimum absolute atomic E-state index is 0.0374. The van der Waals surface area contributed by atoms with E-state index in [0.717, 1.165) is 23.7 Å². The number of hydrogen-bond acceptors (Lipinski definition) is 3. The Morgan fingerprint density at radius 3 is 2.95 bits per heavy atom. The molecule has 1 aromatic heterocycles. The summed E-state index contributed by atoms with van der Waals surface area (Å²) in [5, 5.41) is 0.962. The van der Waals surface area contributed by atoms with E-state index >= 15 is 0 Å². The van der Waals surface area contributed by atoms with Crippen molar-refractivity contribution in [2.45, 2.75) is 18.9 Å². The van der Waals surface area contributed by atoms with Crippen molar-refractivity contribution in [1.82, 2.24) is 9.88 Å². The van der Waals surface area contributed by atoms with Crippen LogP contribution < -0.4 is 5.73 Å². The molecule has 102 valence electrons. The number of fused-ring (bicyclic) bond motifs is 1. The summed E-state index contributed by atoms with van der Waals surface area (Å²) in [6.07, 6.45) is 3.49. The van der Waals surface area contributed by atoms with E-state index in [0.29, 0.717) is 17.1 Å². The fourth-order valence-electron chi connectivity index (χ4n) is 2.74. The summed E-state index contributed by atoms with van der Waals surface area (Å²) >= 11 is 5.07. The van der Waals surface area contributed by atoms with Crippen LogP contribution in [-0.4, -0.2) is 33.4 Å². The molecule has 1 amide bonds. The van der Waals surface area contributed by atoms with E-state index in [9.17, 15) is 4.79 Å². The lowest BCUT2D eigenvalue weighted by molar-refractivity contribution is 0.0772. The molecule has 0 bridgehead atoms. The average molecular weight is 285 g/mol. The van der Waals surface area contributed by atoms with Gasteiger partial charge in [-0.05, 0) is 25.0 Å². The van der Waals surface area contributed by atoms with Gasteiger partial charge in [-0.1, -0.05) is 30.4 Å². The molecule has 4 nitrogen and oxygen atoms in total. The molecule has 0 aliphatic carbocycles. The van der Waals surface area contributed by atoms with Crippen LogP contribution >= 0.6 is 12.2 Å². The summed E-state index contributed by atoms with van der Waals surface area (Å²) in [7, 11) is 0. The third kappa shape index (κ3) is 2.14. The van der Waals surface area contributed by atoms with E-state index in [1.54, 1.807) is 11.1 Å². The smallest absolute Gasteiger partial charge is 0.256 e. The second kappa shape index (κ2) is 5.17. The predicted octanol–water partition coefficient (Wildman–Crippen LogP) is 2.13. The van der Waals surface area contributed by atoms with Gasteiger partial charge in [0.05, 0.1) is 22.1 Å². The maximum atomic E-state index is 12.7. The van der Waals surface area contributed by atoms with Crippen molar-refractivity contribution in [2.75, 3.05) is 6.54 Å². The van der Waals surface area contributed by atoms with Crippen LogP contribution in [0.2, 0.25) is 0 Å². The number of carbonyl (C=O) groups is 1. The quantitative estimate of drug-likeness (QED) is 0.859. The minimum atomic E-state index is -0.128. The number of likely N-dealkylation sites (tertiary alicyclic amines) is 1. The topological polar surface area (TPSA) is 59.2 Å². The number of hydrogen-bond donors (Lipinski definition) is 1. The molecule has 0 spiro atoms. The number of nitrogens with zero attached hydrogens (tertiary/aromatic N) is 2. The molecule has 1 fully saturated rings. The Labute approximate surface area is 122 Å². The van der Waals surface area contributed by atoms with Gasteiger partial charge in [-0.3, -0.25) is 9.78 Å². The molecular formula is C15H15N3OS. The summed E-state index contributed by atoms with van der Waals surface area (Å²) in [5.41, 5.74) is 7.09. The van der Waals surface area contributed by atoms with Crippen LogP contribution in [0.1, 0.15) is 23.2 Å². The van der Waals surface area contributed by atoms with Gasteiger partial charge in [0, 0.05) is 18.1 Å². The summed E-state index contributed by atoms with van der Waals surface area (Å²) in [6, 6.07) is 9.33. The number of aromatic nitrogens is 1. The van der Waals surface area contributed by atoms with Crippen molar-refractivity contribution in [3.8, 4) is 0 Å². The number of benzene rings is 1. The van der Waals surface area contributed by atoms with Gasteiger partial charge in [0.1, 0.15) is 0 Å². The largest absolute Gasteiger partial charge is 0.392 e. The van der Waals surface area contributed by atoms with Gasteiger partial charge in [0.2, 0.25) is 0 Å². The number of nitrogens with two attached hydrogens (primary N) is 1. The number of para-hydroxylation sites is 1. The Morgan fingerprint density at radius 1 is 1.35 bits per heavy atom. The van der Waals surface area contributed by atoms with E-state index < -0.39 is 0 Å². The SMILES string of the molecule is NC(=S)C1CCCN1C(=O)c1cccc2cccnc12. The van der Waals surface area contributed by atoms with Crippen molar-refractivity contribution >= 4 is 34.0 Å². The summed E-state index contributed by atoms with van der Waals surface area (Å²) < 4.78 is 0. The highest BCUT2D eigenvalue weighted by atomic mass is 32.1. The van der Waals surface area contributed by atoms with Crippen LogP contribution in [0, 0.1) is 0 Å². The highest BCUT2D eigenvalue weighted by Gasteiger charge is 2.31. The molecule has 5 heteroatoms. The van der Waals surface area contributed by atoms with Crippen LogP contribution in [0.5, 0.6) is 0 Å². The van der Waals surface area contributed by atoms with Crippen LogP contribution in [0.15, 0.2) is 36.5 Å². The van der Waals surface area contributed by atoms with Gasteiger partial charge in [0.15, 0.2) is 0 Å². The van der Waals surface area contributed by atoms with Crippen LogP contribution in [0.25, 0.3) is 10.9 Å². The average Bonchev–Trinajstić information content (AvgIpc) is 2.95. The lowest BCUT2D eigenvalue weighted by Gasteiger charge is -2.24. The third-order valence-electron chi connectivity index (χ3n) is 3.71. The predicted molar refractivity (Wildman–Crippen MR) is 82.6 cm³/mol. The first-order chi connectivity index (χ1) is 9.68.